The van der Waals surface area contributed by atoms with E-state index < -0.39 is 29.4 Å². The lowest BCUT2D eigenvalue weighted by Gasteiger charge is -2.22. The Bertz CT molecular complexity index is 1090. The van der Waals surface area contributed by atoms with Crippen molar-refractivity contribution in [1.82, 2.24) is 0 Å². The first-order valence-corrected chi connectivity index (χ1v) is 9.81. The maximum absolute atomic E-state index is 13.9. The molecule has 160 valence electrons. The number of halogens is 2. The number of aromatic carboxylic acids is 1. The van der Waals surface area contributed by atoms with Gasteiger partial charge in [0.1, 0.15) is 23.7 Å². The lowest BCUT2D eigenvalue weighted by Crippen LogP contribution is -2.22. The van der Waals surface area contributed by atoms with E-state index in [1.54, 1.807) is 19.9 Å². The highest BCUT2D eigenvalue weighted by Crippen LogP contribution is 2.35. The largest absolute Gasteiger partial charge is 0.488 e. The molecule has 31 heavy (non-hydrogen) atoms. The fourth-order valence-electron chi connectivity index (χ4n) is 3.40. The number of hydrogen-bond acceptors (Lipinski definition) is 3. The molecule has 0 aromatic heterocycles. The van der Waals surface area contributed by atoms with Crippen molar-refractivity contribution in [1.29, 1.82) is 0 Å². The van der Waals surface area contributed by atoms with Crippen molar-refractivity contribution in [3.05, 3.63) is 101 Å². The Kier molecular flexibility index (Phi) is 6.80. The van der Waals surface area contributed by atoms with Crippen LogP contribution in [0, 0.1) is 17.6 Å². The van der Waals surface area contributed by atoms with Crippen LogP contribution in [0.3, 0.4) is 0 Å². The first-order chi connectivity index (χ1) is 14.8. The van der Waals surface area contributed by atoms with Gasteiger partial charge in [0.2, 0.25) is 0 Å². The van der Waals surface area contributed by atoms with E-state index in [0.29, 0.717) is 0 Å². The zero-order valence-corrected chi connectivity index (χ0v) is 17.1. The summed E-state index contributed by atoms with van der Waals surface area (Å²) in [6.45, 7) is 3.48. The Balaban J connectivity index is 2.10. The molecular formula is C25H22F2O4. The predicted molar refractivity (Wildman–Crippen MR) is 112 cm³/mol. The molecule has 0 saturated heterocycles. The third-order valence-corrected chi connectivity index (χ3v) is 4.95. The molecule has 3 aromatic carbocycles. The van der Waals surface area contributed by atoms with Gasteiger partial charge < -0.3 is 9.84 Å². The maximum atomic E-state index is 13.9. The number of benzene rings is 3. The van der Waals surface area contributed by atoms with Gasteiger partial charge in [0.15, 0.2) is 11.6 Å². The average molecular weight is 424 g/mol. The monoisotopic (exact) mass is 424 g/mol. The summed E-state index contributed by atoms with van der Waals surface area (Å²) < 4.78 is 33.2. The number of carbonyl (C=O) groups excluding carboxylic acids is 1. The smallest absolute Gasteiger partial charge is 0.339 e. The number of Topliss-reactive ketones (excluding diaryl/α,β-unsaturated/α-hetero) is 1. The van der Waals surface area contributed by atoms with Gasteiger partial charge in [-0.05, 0) is 34.9 Å². The van der Waals surface area contributed by atoms with Gasteiger partial charge in [-0.25, -0.2) is 13.6 Å². The van der Waals surface area contributed by atoms with E-state index in [-0.39, 0.29) is 34.8 Å². The van der Waals surface area contributed by atoms with Gasteiger partial charge in [0.05, 0.1) is 5.92 Å². The van der Waals surface area contributed by atoms with E-state index >= 15 is 0 Å². The first-order valence-electron chi connectivity index (χ1n) is 9.81. The summed E-state index contributed by atoms with van der Waals surface area (Å²) in [6, 6.07) is 17.0. The Hall–Kier alpha value is -3.54. The van der Waals surface area contributed by atoms with Crippen molar-refractivity contribution in [2.45, 2.75) is 26.4 Å². The lowest BCUT2D eigenvalue weighted by molar-refractivity contribution is -0.122. The van der Waals surface area contributed by atoms with Crippen LogP contribution in [0.5, 0.6) is 5.75 Å². The van der Waals surface area contributed by atoms with Gasteiger partial charge in [0.25, 0.3) is 0 Å². The van der Waals surface area contributed by atoms with Crippen LogP contribution < -0.4 is 4.74 Å². The highest BCUT2D eigenvalue weighted by Gasteiger charge is 2.31. The summed E-state index contributed by atoms with van der Waals surface area (Å²) in [5.41, 5.74) is 1.02. The standard InChI is InChI=1S/C25H22F2O4/c1-15(2)24(28)22(17-11-12-19(26)20(27)13-17)18-9-6-10-21(23(18)25(29)30)31-14-16-7-4-3-5-8-16/h3-13,15,22H,14H2,1-2H3,(H,29,30). The Morgan fingerprint density at radius 2 is 1.65 bits per heavy atom. The van der Waals surface area contributed by atoms with Crippen molar-refractivity contribution in [3.8, 4) is 5.75 Å². The van der Waals surface area contributed by atoms with Crippen LogP contribution in [0.15, 0.2) is 66.7 Å². The van der Waals surface area contributed by atoms with E-state index in [2.05, 4.69) is 0 Å². The van der Waals surface area contributed by atoms with Crippen molar-refractivity contribution in [2.75, 3.05) is 0 Å². The molecule has 0 aliphatic rings. The highest BCUT2D eigenvalue weighted by molar-refractivity contribution is 5.98. The van der Waals surface area contributed by atoms with E-state index in [1.165, 1.54) is 18.2 Å². The SMILES string of the molecule is CC(C)C(=O)C(c1ccc(F)c(F)c1)c1cccc(OCc2ccccc2)c1C(=O)O. The molecule has 0 radical (unpaired) electrons. The molecule has 3 rings (SSSR count). The van der Waals surface area contributed by atoms with Gasteiger partial charge >= 0.3 is 5.97 Å². The second-order valence-corrected chi connectivity index (χ2v) is 7.46. The summed E-state index contributed by atoms with van der Waals surface area (Å²) in [7, 11) is 0. The fraction of sp³-hybridized carbons (Fsp3) is 0.200. The Morgan fingerprint density at radius 3 is 2.26 bits per heavy atom. The minimum absolute atomic E-state index is 0.0954. The predicted octanol–water partition coefficient (Wildman–Crippen LogP) is 5.60. The summed E-state index contributed by atoms with van der Waals surface area (Å²) in [4.78, 5) is 25.2. The molecule has 1 atom stereocenters. The van der Waals surface area contributed by atoms with E-state index in [9.17, 15) is 23.5 Å². The van der Waals surface area contributed by atoms with Crippen molar-refractivity contribution < 1.29 is 28.2 Å². The summed E-state index contributed by atoms with van der Waals surface area (Å²) in [6.07, 6.45) is 0. The number of carbonyl (C=O) groups is 2. The topological polar surface area (TPSA) is 63.6 Å². The Morgan fingerprint density at radius 1 is 0.935 bits per heavy atom. The normalized spacial score (nSPS) is 11.9. The van der Waals surface area contributed by atoms with Crippen LogP contribution >= 0.6 is 0 Å². The average Bonchev–Trinajstić information content (AvgIpc) is 2.75. The van der Waals surface area contributed by atoms with Crippen LogP contribution in [-0.4, -0.2) is 16.9 Å². The minimum Gasteiger partial charge on any atom is -0.488 e. The van der Waals surface area contributed by atoms with Crippen LogP contribution in [-0.2, 0) is 11.4 Å². The Labute approximate surface area is 179 Å². The van der Waals surface area contributed by atoms with Crippen LogP contribution in [0.25, 0.3) is 0 Å². The zero-order valence-electron chi connectivity index (χ0n) is 17.1. The minimum atomic E-state index is -1.28. The molecule has 0 aliphatic carbocycles. The number of ketones is 1. The molecule has 4 nitrogen and oxygen atoms in total. The third kappa shape index (κ3) is 4.97. The highest BCUT2D eigenvalue weighted by atomic mass is 19.2. The number of carboxylic acid groups (broad SMARTS) is 1. The number of hydrogen-bond donors (Lipinski definition) is 1. The van der Waals surface area contributed by atoms with Gasteiger partial charge in [-0.1, -0.05) is 62.4 Å². The van der Waals surface area contributed by atoms with Crippen LogP contribution in [0.2, 0.25) is 0 Å². The van der Waals surface area contributed by atoms with Crippen molar-refractivity contribution >= 4 is 11.8 Å². The quantitative estimate of drug-likeness (QED) is 0.511. The van der Waals surface area contributed by atoms with Crippen molar-refractivity contribution in [3.63, 3.8) is 0 Å². The summed E-state index contributed by atoms with van der Waals surface area (Å²) in [5.74, 6) is -5.19. The first kappa shape index (κ1) is 22.2. The van der Waals surface area contributed by atoms with Gasteiger partial charge in [0, 0.05) is 5.92 Å². The summed E-state index contributed by atoms with van der Waals surface area (Å²) in [5, 5.41) is 9.93. The second kappa shape index (κ2) is 9.51. The fourth-order valence-corrected chi connectivity index (χ4v) is 3.40. The summed E-state index contributed by atoms with van der Waals surface area (Å²) >= 11 is 0. The van der Waals surface area contributed by atoms with E-state index in [0.717, 1.165) is 17.7 Å². The molecule has 6 heteroatoms. The molecule has 0 aliphatic heterocycles. The molecule has 0 fully saturated rings. The van der Waals surface area contributed by atoms with Crippen molar-refractivity contribution in [2.24, 2.45) is 5.92 Å². The molecule has 3 aromatic rings. The molecule has 1 unspecified atom stereocenters. The molecule has 0 amide bonds. The van der Waals surface area contributed by atoms with E-state index in [1.807, 2.05) is 30.3 Å². The molecule has 1 N–H and O–H groups in total. The third-order valence-electron chi connectivity index (χ3n) is 4.95. The molecular weight excluding hydrogens is 402 g/mol. The maximum Gasteiger partial charge on any atom is 0.339 e. The molecule has 0 heterocycles. The second-order valence-electron chi connectivity index (χ2n) is 7.46. The lowest BCUT2D eigenvalue weighted by atomic mass is 9.81. The van der Waals surface area contributed by atoms with Gasteiger partial charge in [-0.2, -0.15) is 0 Å². The number of ether oxygens (including phenoxy) is 1. The van der Waals surface area contributed by atoms with Crippen LogP contribution in [0.1, 0.15) is 46.8 Å². The number of carboxylic acids is 1. The molecule has 0 spiro atoms. The van der Waals surface area contributed by atoms with Gasteiger partial charge in [-0.15, -0.1) is 0 Å². The van der Waals surface area contributed by atoms with Gasteiger partial charge in [-0.3, -0.25) is 4.79 Å². The molecule has 0 bridgehead atoms. The van der Waals surface area contributed by atoms with Crippen LogP contribution in [0.4, 0.5) is 8.78 Å². The number of rotatable bonds is 8. The van der Waals surface area contributed by atoms with E-state index in [4.69, 9.17) is 4.74 Å². The molecule has 0 saturated carbocycles. The zero-order chi connectivity index (χ0) is 22.5.